The second-order valence-corrected chi connectivity index (χ2v) is 39.2. The zero-order valence-corrected chi connectivity index (χ0v) is 82.8. The van der Waals surface area contributed by atoms with Crippen molar-refractivity contribution in [3.05, 3.63) is 279 Å². The Morgan fingerprint density at radius 1 is 0.211 bits per heavy atom. The van der Waals surface area contributed by atoms with Gasteiger partial charge in [0.2, 0.25) is 0 Å². The van der Waals surface area contributed by atoms with Gasteiger partial charge in [0.15, 0.2) is 46.3 Å². The minimum atomic E-state index is -3.37. The molecule has 0 aliphatic rings. The number of carbonyl (C=O) groups is 8. The van der Waals surface area contributed by atoms with Gasteiger partial charge in [-0.25, -0.2) is 0 Å². The number of nitrogens with one attached hydrogen (secondary N) is 8. The predicted molar refractivity (Wildman–Crippen MR) is 545 cm³/mol. The second-order valence-electron chi connectivity index (χ2n) is 35.7. The molecule has 24 heteroatoms. The van der Waals surface area contributed by atoms with Crippen molar-refractivity contribution in [3.63, 3.8) is 0 Å². The van der Waals surface area contributed by atoms with Gasteiger partial charge in [0, 0.05) is 162 Å². The summed E-state index contributed by atoms with van der Waals surface area (Å²) in [5.74, 6) is -5.71. The first kappa shape index (κ1) is 74.5. The third-order valence-electron chi connectivity index (χ3n) is 14.9. The molecule has 8 rings (SSSR count). The molecule has 8 atom stereocenters. The van der Waals surface area contributed by atoms with Gasteiger partial charge in [-0.2, -0.15) is 0 Å². The number of hydrogen-bond donors (Lipinski definition) is 8. The Bertz CT molecular complexity index is 5890. The third-order valence-corrected chi connectivity index (χ3v) is 16.7. The summed E-state index contributed by atoms with van der Waals surface area (Å²) >= 11 is 46.5. The van der Waals surface area contributed by atoms with Crippen LogP contribution in [0.5, 0.6) is 0 Å². The van der Waals surface area contributed by atoms with Gasteiger partial charge in [0.1, 0.15) is 0 Å². The van der Waals surface area contributed by atoms with Gasteiger partial charge >= 0.3 is 0 Å². The Morgan fingerprint density at radius 3 is 0.445 bits per heavy atom. The first-order valence-corrected chi connectivity index (χ1v) is 42.7. The third kappa shape index (κ3) is 53.0. The van der Waals surface area contributed by atoms with Gasteiger partial charge in [-0.05, 0) is 318 Å². The minimum Gasteiger partial charge on any atom is -0.303 e. The van der Waals surface area contributed by atoms with Crippen molar-refractivity contribution in [2.45, 2.75) is 313 Å². The molecule has 0 aliphatic heterocycles. The largest absolute Gasteiger partial charge is 0.303 e. The van der Waals surface area contributed by atoms with Crippen molar-refractivity contribution in [1.82, 2.24) is 42.5 Å². The summed E-state index contributed by atoms with van der Waals surface area (Å²) in [5.41, 5.74) is -6.32. The average Bonchev–Trinajstić information content (AvgIpc) is 0.728. The van der Waals surface area contributed by atoms with Gasteiger partial charge < -0.3 is 42.5 Å². The summed E-state index contributed by atoms with van der Waals surface area (Å²) in [4.78, 5) is 99.4. The molecule has 0 radical (unpaired) electrons. The number of hydrogen-bond acceptors (Lipinski definition) is 16. The lowest BCUT2D eigenvalue weighted by Crippen LogP contribution is -2.46. The van der Waals surface area contributed by atoms with Gasteiger partial charge in [-0.15, -0.1) is 0 Å². The number of benzene rings is 8. The molecule has 0 heterocycles. The standard InChI is InChI=1S/8C13H18ClNO/c8*1-9(15-13(2,3)4)12(16)10-6-5-7-11(14)8-10/h8*5-9,15H,1-4H3/t4*9-;;;;/m1100..../s1/i1D3,9D;9D;1D3,9D;9D;1D3,2D3,3D3,9D;1D3,2D3,9D;1D3,9D;9D. The molecular weight excluding hydrogens is 1770 g/mol. The number of rotatable bonds is 24. The molecule has 16 nitrogen and oxygen atoms in total. The normalized spacial score (nSPS) is 20.0. The van der Waals surface area contributed by atoms with E-state index in [0.29, 0.717) is 46.8 Å². The number of Topliss-reactive ketones (excluding diaryl/α,β-unsaturated/α-hetero) is 8. The van der Waals surface area contributed by atoms with E-state index in [0.717, 1.165) is 13.0 Å². The van der Waals surface area contributed by atoms with Crippen LogP contribution in [0.15, 0.2) is 194 Å². The highest BCUT2D eigenvalue weighted by atomic mass is 35.5. The minimum absolute atomic E-state index is 0.0857. The molecule has 0 bridgehead atoms. The summed E-state index contributed by atoms with van der Waals surface area (Å²) in [6.45, 7) is 16.5. The van der Waals surface area contributed by atoms with E-state index in [1.807, 2.05) is 67.6 Å². The van der Waals surface area contributed by atoms with E-state index in [1.165, 1.54) is 92.7 Å². The van der Waals surface area contributed by atoms with Crippen LogP contribution in [0.1, 0.15) is 348 Å². The zero-order valence-electron chi connectivity index (χ0n) is 109. The van der Waals surface area contributed by atoms with Crippen molar-refractivity contribution in [2.75, 3.05) is 0 Å². The van der Waals surface area contributed by atoms with Gasteiger partial charge in [-0.1, -0.05) is 190 Å². The lowest BCUT2D eigenvalue weighted by atomic mass is 10.0. The molecule has 8 aromatic carbocycles. The second kappa shape index (κ2) is 54.3. The Balaban J connectivity index is 0.000000918. The lowest BCUT2D eigenvalue weighted by Gasteiger charge is -2.25. The molecule has 0 aromatic heterocycles. The summed E-state index contributed by atoms with van der Waals surface area (Å²) in [6.07, 6.45) is 0. The molecule has 0 aliphatic carbocycles. The van der Waals surface area contributed by atoms with E-state index in [1.54, 1.807) is 192 Å². The SMILES string of the molecule is [2H]C(C)(NC(C)(C)C)C(=O)c1cccc(Cl)c1.[2H]C([2H])([2H])C(C)(C)NC([2H])(C(=O)c1cccc(Cl)c1)C([2H])([2H])[2H].[2H]C([2H])([2H])C([2H])(NC(C)(C([2H])([2H])[2H])C([2H])([2H])[2H])C(=O)c1cccc(Cl)c1.[2H]C([2H])([2H])C([2H])(NC(C)(C)C)C(=O)c1cccc(Cl)c1.[2H]C([2H])([2H])[C@@]([2H])(NC(C)(C)C)C(=O)c1cccc(Cl)c1.[2H]C([2H])([2H])[C@]([2H])(NC(C)(C)C)C(=O)c1cccc(Cl)c1.[2H][C@@](C)(NC(C)(C)C)C(=O)c1cccc(Cl)c1.[2H][C@](C)(NC(C)(C)C)C(=O)c1cccc(Cl)c1. The number of halogens is 8. The van der Waals surface area contributed by atoms with Gasteiger partial charge in [0.05, 0.1) is 59.1 Å². The van der Waals surface area contributed by atoms with Crippen LogP contribution >= 0.6 is 92.8 Å². The summed E-state index contributed by atoms with van der Waals surface area (Å²) in [7, 11) is 0. The summed E-state index contributed by atoms with van der Waals surface area (Å²) in [5, 5.41) is 23.6. The first-order valence-electron chi connectivity index (χ1n) is 55.7. The highest BCUT2D eigenvalue weighted by molar-refractivity contribution is 6.33. The van der Waals surface area contributed by atoms with Crippen LogP contribution in [0.3, 0.4) is 0 Å². The predicted octanol–water partition coefficient (Wildman–Crippen LogP) is 26.4. The smallest absolute Gasteiger partial charge is 0.179 e. The summed E-state index contributed by atoms with van der Waals surface area (Å²) in [6, 6.07) is 31.1. The summed E-state index contributed by atoms with van der Waals surface area (Å²) < 4.78 is 246. The van der Waals surface area contributed by atoms with Crippen LogP contribution < -0.4 is 42.5 Å². The quantitative estimate of drug-likeness (QED) is 0.0263. The molecule has 0 saturated heterocycles. The average molecular weight is 1950 g/mol. The van der Waals surface area contributed by atoms with Crippen LogP contribution in [-0.2, 0) is 0 Å². The number of ketones is 8. The van der Waals surface area contributed by atoms with E-state index in [4.69, 9.17) is 137 Å². The highest BCUT2D eigenvalue weighted by Gasteiger charge is 2.28. The Labute approximate surface area is 851 Å². The molecule has 8 N–H and O–H groups in total. The fourth-order valence-electron chi connectivity index (χ4n) is 10.2. The molecular formula is C104H144Cl8N8O8. The Kier molecular flexibility index (Phi) is 31.6. The monoisotopic (exact) mass is 1950 g/mol. The first-order chi connectivity index (χ1) is 70.9. The molecule has 704 valence electrons. The zero-order chi connectivity index (χ0) is 126. The Morgan fingerprint density at radius 2 is 0.328 bits per heavy atom. The van der Waals surface area contributed by atoms with Crippen molar-refractivity contribution in [2.24, 2.45) is 0 Å². The fraction of sp³-hybridized carbons (Fsp3) is 0.462. The molecule has 128 heavy (non-hydrogen) atoms. The maximum atomic E-state index is 12.8. The molecule has 0 amide bonds. The van der Waals surface area contributed by atoms with E-state index in [2.05, 4.69) is 37.2 Å². The molecule has 0 saturated carbocycles. The van der Waals surface area contributed by atoms with Crippen molar-refractivity contribution < 1.29 is 82.2 Å². The highest BCUT2D eigenvalue weighted by Crippen LogP contribution is 2.23. The maximum absolute atomic E-state index is 12.8. The van der Waals surface area contributed by atoms with Crippen LogP contribution in [0.25, 0.3) is 0 Å². The molecule has 4 unspecified atom stereocenters. The van der Waals surface area contributed by atoms with E-state index in [-0.39, 0.29) is 71.8 Å². The molecule has 0 fully saturated rings. The van der Waals surface area contributed by atoms with Crippen LogP contribution in [0.4, 0.5) is 0 Å². The van der Waals surface area contributed by atoms with Crippen molar-refractivity contribution in [1.29, 1.82) is 0 Å². The van der Waals surface area contributed by atoms with Crippen LogP contribution in [0.2, 0.25) is 40.2 Å². The van der Waals surface area contributed by atoms with E-state index < -0.39 is 160 Å². The van der Waals surface area contributed by atoms with E-state index in [9.17, 15) is 38.4 Å². The van der Waals surface area contributed by atoms with Gasteiger partial charge in [-0.3, -0.25) is 38.4 Å². The van der Waals surface area contributed by atoms with Crippen molar-refractivity contribution in [3.8, 4) is 0 Å². The number of carbonyl (C=O) groups excluding carboxylic acids is 8. The van der Waals surface area contributed by atoms with Crippen LogP contribution in [-0.4, -0.2) is 139 Å². The fourth-order valence-corrected chi connectivity index (χ4v) is 11.8. The topological polar surface area (TPSA) is 233 Å². The molecule has 8 aromatic rings. The maximum Gasteiger partial charge on any atom is 0.179 e. The van der Waals surface area contributed by atoms with Gasteiger partial charge in [0.25, 0.3) is 0 Å². The van der Waals surface area contributed by atoms with E-state index >= 15 is 0 Å². The van der Waals surface area contributed by atoms with Crippen molar-refractivity contribution >= 4 is 139 Å². The molecule has 0 spiro atoms. The lowest BCUT2D eigenvalue weighted by molar-refractivity contribution is 0.0929. The van der Waals surface area contributed by atoms with Crippen LogP contribution in [0, 0.1) is 0 Å². The Hall–Kier alpha value is -6.88.